The first kappa shape index (κ1) is 18.0. The van der Waals surface area contributed by atoms with Crippen molar-refractivity contribution in [2.75, 3.05) is 19.6 Å². The molecule has 0 saturated carbocycles. The normalized spacial score (nSPS) is 17.3. The van der Waals surface area contributed by atoms with Crippen molar-refractivity contribution in [1.29, 1.82) is 0 Å². The number of hydrogen-bond donors (Lipinski definition) is 1. The minimum atomic E-state index is 0. The van der Waals surface area contributed by atoms with Gasteiger partial charge in [0.2, 0.25) is 5.91 Å². The van der Waals surface area contributed by atoms with E-state index in [0.717, 1.165) is 38.9 Å². The predicted octanol–water partition coefficient (Wildman–Crippen LogP) is 2.95. The van der Waals surface area contributed by atoms with Gasteiger partial charge in [-0.05, 0) is 38.3 Å². The Bertz CT molecular complexity index is 427. The van der Waals surface area contributed by atoms with E-state index in [1.807, 2.05) is 0 Å². The molecule has 1 fully saturated rings. The summed E-state index contributed by atoms with van der Waals surface area (Å²) >= 11 is 0. The number of benzene rings is 1. The molecule has 4 heteroatoms. The van der Waals surface area contributed by atoms with Gasteiger partial charge in [-0.25, -0.2) is 0 Å². The third kappa shape index (κ3) is 5.33. The molecule has 1 aromatic carbocycles. The van der Waals surface area contributed by atoms with Crippen LogP contribution in [-0.2, 0) is 11.2 Å². The highest BCUT2D eigenvalue weighted by atomic mass is 35.5. The number of amides is 1. The molecule has 1 N–H and O–H groups in total. The van der Waals surface area contributed by atoms with Crippen LogP contribution in [0.25, 0.3) is 0 Å². The van der Waals surface area contributed by atoms with Gasteiger partial charge in [0, 0.05) is 25.6 Å². The Kier molecular flexibility index (Phi) is 7.76. The van der Waals surface area contributed by atoms with E-state index in [9.17, 15) is 4.79 Å². The Morgan fingerprint density at radius 2 is 2.05 bits per heavy atom. The third-order valence-corrected chi connectivity index (χ3v) is 4.01. The van der Waals surface area contributed by atoms with Gasteiger partial charge in [0.25, 0.3) is 0 Å². The van der Waals surface area contributed by atoms with Crippen molar-refractivity contribution in [3.05, 3.63) is 35.4 Å². The molecule has 1 aliphatic rings. The van der Waals surface area contributed by atoms with Gasteiger partial charge in [0.1, 0.15) is 0 Å². The number of carbonyl (C=O) groups excluding carboxylic acids is 1. The van der Waals surface area contributed by atoms with Crippen LogP contribution in [0.2, 0.25) is 0 Å². The van der Waals surface area contributed by atoms with Gasteiger partial charge >= 0.3 is 0 Å². The van der Waals surface area contributed by atoms with Crippen LogP contribution in [0.15, 0.2) is 24.3 Å². The molecule has 1 atom stereocenters. The molecule has 1 unspecified atom stereocenters. The maximum absolute atomic E-state index is 12.5. The fourth-order valence-corrected chi connectivity index (χ4v) is 2.81. The number of halogens is 1. The first-order valence-electron chi connectivity index (χ1n) is 7.76. The summed E-state index contributed by atoms with van der Waals surface area (Å²) in [6.45, 7) is 7.11. The maximum atomic E-state index is 12.5. The number of rotatable bonds is 6. The highest BCUT2D eigenvalue weighted by molar-refractivity contribution is 5.85. The van der Waals surface area contributed by atoms with Crippen molar-refractivity contribution in [2.24, 2.45) is 0 Å². The molecule has 0 spiro atoms. The second-order valence-corrected chi connectivity index (χ2v) is 5.72. The summed E-state index contributed by atoms with van der Waals surface area (Å²) in [5.74, 6) is 0.307. The van der Waals surface area contributed by atoms with Crippen molar-refractivity contribution in [2.45, 2.75) is 45.6 Å². The molecule has 0 bridgehead atoms. The van der Waals surface area contributed by atoms with Gasteiger partial charge in [0.15, 0.2) is 0 Å². The molecule has 0 aromatic heterocycles. The lowest BCUT2D eigenvalue weighted by Crippen LogP contribution is -2.42. The monoisotopic (exact) mass is 310 g/mol. The molecule has 2 rings (SSSR count). The van der Waals surface area contributed by atoms with Crippen LogP contribution in [0, 0.1) is 6.92 Å². The number of nitrogens with zero attached hydrogens (tertiary/aromatic N) is 1. The van der Waals surface area contributed by atoms with Crippen molar-refractivity contribution in [3.63, 3.8) is 0 Å². The zero-order valence-electron chi connectivity index (χ0n) is 13.1. The largest absolute Gasteiger partial charge is 0.338 e. The molecule has 3 nitrogen and oxygen atoms in total. The van der Waals surface area contributed by atoms with E-state index >= 15 is 0 Å². The number of aryl methyl sites for hydroxylation is 2. The van der Waals surface area contributed by atoms with Crippen LogP contribution in [0.3, 0.4) is 0 Å². The Morgan fingerprint density at radius 3 is 2.62 bits per heavy atom. The second-order valence-electron chi connectivity index (χ2n) is 5.72. The van der Waals surface area contributed by atoms with Crippen molar-refractivity contribution >= 4 is 18.3 Å². The minimum Gasteiger partial charge on any atom is -0.338 e. The zero-order valence-corrected chi connectivity index (χ0v) is 13.9. The van der Waals surface area contributed by atoms with Gasteiger partial charge in [-0.3, -0.25) is 4.79 Å². The van der Waals surface area contributed by atoms with E-state index in [0.29, 0.717) is 18.4 Å². The van der Waals surface area contributed by atoms with E-state index in [1.54, 1.807) is 0 Å². The standard InChI is InChI=1S/C17H26N2O.ClH/c1-3-12-19(16-10-11-18-13-16)17(20)9-8-15-6-4-14(2)5-7-15;/h4-7,16,18H,3,8-13H2,1-2H3;1H. The average Bonchev–Trinajstić information content (AvgIpc) is 2.97. The molecule has 21 heavy (non-hydrogen) atoms. The molecule has 1 aliphatic heterocycles. The van der Waals surface area contributed by atoms with Crippen LogP contribution in [-0.4, -0.2) is 36.5 Å². The topological polar surface area (TPSA) is 32.3 Å². The fourth-order valence-electron chi connectivity index (χ4n) is 2.81. The first-order valence-corrected chi connectivity index (χ1v) is 7.76. The Hall–Kier alpha value is -1.06. The van der Waals surface area contributed by atoms with Crippen molar-refractivity contribution in [1.82, 2.24) is 10.2 Å². The number of hydrogen-bond acceptors (Lipinski definition) is 2. The van der Waals surface area contributed by atoms with Crippen molar-refractivity contribution in [3.8, 4) is 0 Å². The summed E-state index contributed by atoms with van der Waals surface area (Å²) in [5, 5.41) is 3.35. The summed E-state index contributed by atoms with van der Waals surface area (Å²) in [6, 6.07) is 8.89. The van der Waals surface area contributed by atoms with E-state index in [1.165, 1.54) is 11.1 Å². The zero-order chi connectivity index (χ0) is 14.4. The smallest absolute Gasteiger partial charge is 0.223 e. The number of carbonyl (C=O) groups is 1. The number of nitrogens with one attached hydrogen (secondary N) is 1. The highest BCUT2D eigenvalue weighted by Crippen LogP contribution is 2.13. The van der Waals surface area contributed by atoms with Gasteiger partial charge in [-0.1, -0.05) is 36.8 Å². The van der Waals surface area contributed by atoms with Crippen LogP contribution in [0.4, 0.5) is 0 Å². The molecule has 1 heterocycles. The van der Waals surface area contributed by atoms with Gasteiger partial charge in [-0.15, -0.1) is 12.4 Å². The Morgan fingerprint density at radius 1 is 1.33 bits per heavy atom. The fraction of sp³-hybridized carbons (Fsp3) is 0.588. The van der Waals surface area contributed by atoms with Gasteiger partial charge in [-0.2, -0.15) is 0 Å². The quantitative estimate of drug-likeness (QED) is 0.876. The van der Waals surface area contributed by atoms with Crippen LogP contribution >= 0.6 is 12.4 Å². The first-order chi connectivity index (χ1) is 9.70. The van der Waals surface area contributed by atoms with Gasteiger partial charge in [0.05, 0.1) is 0 Å². The van der Waals surface area contributed by atoms with E-state index in [2.05, 4.69) is 48.3 Å². The van der Waals surface area contributed by atoms with Gasteiger partial charge < -0.3 is 10.2 Å². The van der Waals surface area contributed by atoms with Crippen LogP contribution in [0.5, 0.6) is 0 Å². The summed E-state index contributed by atoms with van der Waals surface area (Å²) in [7, 11) is 0. The minimum absolute atomic E-state index is 0. The highest BCUT2D eigenvalue weighted by Gasteiger charge is 2.25. The SMILES string of the molecule is CCCN(C(=O)CCc1ccc(C)cc1)C1CCNC1.Cl. The summed E-state index contributed by atoms with van der Waals surface area (Å²) in [5.41, 5.74) is 2.52. The Balaban J connectivity index is 0.00000220. The molecule has 1 amide bonds. The third-order valence-electron chi connectivity index (χ3n) is 4.01. The maximum Gasteiger partial charge on any atom is 0.223 e. The summed E-state index contributed by atoms with van der Waals surface area (Å²) in [6.07, 6.45) is 3.60. The molecular formula is C17H27ClN2O. The van der Waals surface area contributed by atoms with E-state index in [4.69, 9.17) is 0 Å². The Labute approximate surface area is 134 Å². The molecule has 1 aromatic rings. The van der Waals surface area contributed by atoms with E-state index in [-0.39, 0.29) is 12.4 Å². The lowest BCUT2D eigenvalue weighted by atomic mass is 10.1. The molecule has 0 aliphatic carbocycles. The lowest BCUT2D eigenvalue weighted by molar-refractivity contribution is -0.133. The molecular weight excluding hydrogens is 284 g/mol. The summed E-state index contributed by atoms with van der Waals surface area (Å²) in [4.78, 5) is 14.6. The van der Waals surface area contributed by atoms with Crippen molar-refractivity contribution < 1.29 is 4.79 Å². The predicted molar refractivity (Wildman–Crippen MR) is 90.0 cm³/mol. The second kappa shape index (κ2) is 9.06. The summed E-state index contributed by atoms with van der Waals surface area (Å²) < 4.78 is 0. The molecule has 0 radical (unpaired) electrons. The molecule has 1 saturated heterocycles. The van der Waals surface area contributed by atoms with Crippen LogP contribution < -0.4 is 5.32 Å². The average molecular weight is 311 g/mol. The lowest BCUT2D eigenvalue weighted by Gasteiger charge is -2.28. The van der Waals surface area contributed by atoms with Crippen LogP contribution in [0.1, 0.15) is 37.3 Å². The van der Waals surface area contributed by atoms with E-state index < -0.39 is 0 Å². The molecule has 118 valence electrons.